The summed E-state index contributed by atoms with van der Waals surface area (Å²) < 4.78 is 24.2. The van der Waals surface area contributed by atoms with Crippen molar-refractivity contribution >= 4 is 44.6 Å². The fourth-order valence-electron chi connectivity index (χ4n) is 4.14. The van der Waals surface area contributed by atoms with Crippen molar-refractivity contribution in [3.8, 4) is 0 Å². The second-order valence-corrected chi connectivity index (χ2v) is 12.6. The van der Waals surface area contributed by atoms with Crippen LogP contribution in [0.15, 0.2) is 41.4 Å². The van der Waals surface area contributed by atoms with E-state index in [0.717, 1.165) is 19.1 Å². The molecular formula is C25H32ClN3O4S. The molecule has 34 heavy (non-hydrogen) atoms. The third-order valence-electron chi connectivity index (χ3n) is 5.76. The number of carbonyl (C=O) groups is 2. The van der Waals surface area contributed by atoms with Gasteiger partial charge in [-0.3, -0.25) is 9.59 Å². The first-order valence-electron chi connectivity index (χ1n) is 11.4. The van der Waals surface area contributed by atoms with Crippen LogP contribution in [0.5, 0.6) is 0 Å². The lowest BCUT2D eigenvalue weighted by atomic mass is 9.84. The van der Waals surface area contributed by atoms with Gasteiger partial charge in [-0.15, -0.1) is 0 Å². The summed E-state index contributed by atoms with van der Waals surface area (Å²) in [7, 11) is -3.51. The highest BCUT2D eigenvalue weighted by atomic mass is 35.5. The van der Waals surface area contributed by atoms with Crippen molar-refractivity contribution < 1.29 is 18.0 Å². The Balaban J connectivity index is 1.77. The van der Waals surface area contributed by atoms with Crippen LogP contribution in [0, 0.1) is 11.3 Å². The van der Waals surface area contributed by atoms with E-state index in [4.69, 9.17) is 11.6 Å². The smallest absolute Gasteiger partial charge is 0.255 e. The average molecular weight is 506 g/mol. The van der Waals surface area contributed by atoms with Crippen molar-refractivity contribution in [2.75, 3.05) is 29.6 Å². The van der Waals surface area contributed by atoms with Crippen LogP contribution < -0.4 is 10.2 Å². The van der Waals surface area contributed by atoms with E-state index in [9.17, 15) is 18.0 Å². The van der Waals surface area contributed by atoms with Gasteiger partial charge in [0.25, 0.3) is 5.91 Å². The highest BCUT2D eigenvalue weighted by molar-refractivity contribution is 7.90. The number of amides is 1. The number of pyridine rings is 1. The second-order valence-electron chi connectivity index (χ2n) is 10.2. The maximum atomic E-state index is 12.8. The second kappa shape index (κ2) is 10.4. The molecule has 1 N–H and O–H groups in total. The third kappa shape index (κ3) is 7.27. The van der Waals surface area contributed by atoms with E-state index in [1.807, 2.05) is 4.90 Å². The van der Waals surface area contributed by atoms with Gasteiger partial charge in [0.05, 0.1) is 10.6 Å². The molecule has 0 spiro atoms. The Morgan fingerprint density at radius 2 is 1.85 bits per heavy atom. The first-order chi connectivity index (χ1) is 15.8. The third-order valence-corrected chi connectivity index (χ3v) is 7.08. The van der Waals surface area contributed by atoms with Gasteiger partial charge >= 0.3 is 0 Å². The molecule has 1 fully saturated rings. The Morgan fingerprint density at radius 1 is 1.18 bits per heavy atom. The molecule has 0 unspecified atom stereocenters. The van der Waals surface area contributed by atoms with Gasteiger partial charge in [0.1, 0.15) is 5.78 Å². The maximum Gasteiger partial charge on any atom is 0.255 e. The van der Waals surface area contributed by atoms with E-state index >= 15 is 0 Å². The summed E-state index contributed by atoms with van der Waals surface area (Å²) in [5.74, 6) is 0.711. The fourth-order valence-corrected chi connectivity index (χ4v) is 4.91. The van der Waals surface area contributed by atoms with Gasteiger partial charge in [0.15, 0.2) is 15.7 Å². The summed E-state index contributed by atoms with van der Waals surface area (Å²) in [5.41, 5.74) is 0.675. The van der Waals surface area contributed by atoms with Crippen LogP contribution in [-0.4, -0.2) is 44.4 Å². The van der Waals surface area contributed by atoms with Gasteiger partial charge in [-0.2, -0.15) is 0 Å². The largest absolute Gasteiger partial charge is 0.355 e. The lowest BCUT2D eigenvalue weighted by Gasteiger charge is -2.34. The molecule has 2 heterocycles. The molecule has 1 saturated heterocycles. The summed E-state index contributed by atoms with van der Waals surface area (Å²) in [6, 6.07) is 7.97. The Labute approximate surface area is 206 Å². The number of piperidine rings is 1. The van der Waals surface area contributed by atoms with Crippen molar-refractivity contribution in [2.45, 2.75) is 51.3 Å². The number of ketones is 1. The summed E-state index contributed by atoms with van der Waals surface area (Å²) >= 11 is 6.01. The summed E-state index contributed by atoms with van der Waals surface area (Å²) in [5, 5.41) is 3.24. The first kappa shape index (κ1) is 26.2. The number of rotatable bonds is 7. The minimum Gasteiger partial charge on any atom is -0.355 e. The Bertz CT molecular complexity index is 1170. The molecule has 9 heteroatoms. The highest BCUT2D eigenvalue weighted by Gasteiger charge is 2.26. The molecule has 0 radical (unpaired) electrons. The number of benzene rings is 1. The molecule has 1 aromatic carbocycles. The maximum absolute atomic E-state index is 12.8. The van der Waals surface area contributed by atoms with Crippen LogP contribution in [-0.2, 0) is 14.6 Å². The van der Waals surface area contributed by atoms with Crippen LogP contribution in [0.4, 0.5) is 11.5 Å². The molecule has 1 aliphatic heterocycles. The molecule has 0 atom stereocenters. The number of halogens is 1. The highest BCUT2D eigenvalue weighted by Crippen LogP contribution is 2.32. The quantitative estimate of drug-likeness (QED) is 0.568. The Morgan fingerprint density at radius 3 is 2.44 bits per heavy atom. The molecule has 0 aliphatic carbocycles. The van der Waals surface area contributed by atoms with E-state index in [1.54, 1.807) is 24.3 Å². The molecule has 7 nitrogen and oxygen atoms in total. The van der Waals surface area contributed by atoms with Crippen molar-refractivity contribution in [3.63, 3.8) is 0 Å². The number of sulfone groups is 1. The van der Waals surface area contributed by atoms with Crippen LogP contribution in [0.1, 0.15) is 56.8 Å². The van der Waals surface area contributed by atoms with Crippen LogP contribution >= 0.6 is 11.6 Å². The number of anilines is 2. The molecule has 2 aromatic rings. The van der Waals surface area contributed by atoms with Crippen LogP contribution in [0.25, 0.3) is 0 Å². The minimum absolute atomic E-state index is 0.0147. The zero-order valence-electron chi connectivity index (χ0n) is 20.1. The number of hydrogen-bond acceptors (Lipinski definition) is 6. The van der Waals surface area contributed by atoms with Gasteiger partial charge in [-0.05, 0) is 48.4 Å². The van der Waals surface area contributed by atoms with E-state index in [0.29, 0.717) is 53.9 Å². The number of hydrogen-bond donors (Lipinski definition) is 1. The number of carbonyl (C=O) groups excluding carboxylic acids is 2. The molecule has 0 saturated carbocycles. The lowest BCUT2D eigenvalue weighted by molar-refractivity contribution is -0.121. The number of aromatic nitrogens is 1. The predicted molar refractivity (Wildman–Crippen MR) is 135 cm³/mol. The number of nitrogens with one attached hydrogen (secondary N) is 1. The zero-order valence-corrected chi connectivity index (χ0v) is 21.7. The fraction of sp³-hybridized carbons (Fsp3) is 0.480. The predicted octanol–water partition coefficient (Wildman–Crippen LogP) is 5.00. The van der Waals surface area contributed by atoms with Gasteiger partial charge in [0.2, 0.25) is 0 Å². The average Bonchev–Trinajstić information content (AvgIpc) is 2.72. The monoisotopic (exact) mass is 505 g/mol. The van der Waals surface area contributed by atoms with E-state index in [2.05, 4.69) is 31.1 Å². The molecule has 3 rings (SSSR count). The van der Waals surface area contributed by atoms with Gasteiger partial charge < -0.3 is 10.2 Å². The summed E-state index contributed by atoms with van der Waals surface area (Å²) in [6.45, 7) is 7.53. The van der Waals surface area contributed by atoms with Crippen molar-refractivity contribution in [1.29, 1.82) is 0 Å². The minimum atomic E-state index is -3.51. The lowest BCUT2D eigenvalue weighted by Crippen LogP contribution is -2.36. The molecule has 1 aliphatic rings. The normalized spacial score (nSPS) is 15.3. The molecule has 1 amide bonds. The van der Waals surface area contributed by atoms with Gasteiger partial charge in [-0.1, -0.05) is 38.4 Å². The number of nitrogens with zero attached hydrogens (tertiary/aromatic N) is 2. The summed E-state index contributed by atoms with van der Waals surface area (Å²) in [6.07, 6.45) is 5.22. The van der Waals surface area contributed by atoms with Gasteiger partial charge in [0, 0.05) is 49.0 Å². The SMILES string of the molecule is CC(C)(C)CC(=O)CC1CCN(c2ncc(S(C)(=O)=O)cc2NC(=O)c2cccc(Cl)c2)CC1. The van der Waals surface area contributed by atoms with Crippen molar-refractivity contribution in [1.82, 2.24) is 4.98 Å². The molecule has 184 valence electrons. The molecule has 0 bridgehead atoms. The van der Waals surface area contributed by atoms with E-state index in [-0.39, 0.29) is 16.1 Å². The van der Waals surface area contributed by atoms with Crippen molar-refractivity contribution in [2.24, 2.45) is 11.3 Å². The van der Waals surface area contributed by atoms with E-state index < -0.39 is 15.7 Å². The van der Waals surface area contributed by atoms with E-state index in [1.165, 1.54) is 12.3 Å². The van der Waals surface area contributed by atoms with Crippen LogP contribution in [0.3, 0.4) is 0 Å². The number of Topliss-reactive ketones (excluding diaryl/α,β-unsaturated/α-hetero) is 1. The summed E-state index contributed by atoms with van der Waals surface area (Å²) in [4.78, 5) is 31.7. The van der Waals surface area contributed by atoms with Gasteiger partial charge in [-0.25, -0.2) is 13.4 Å². The topological polar surface area (TPSA) is 96.4 Å². The Kier molecular flexibility index (Phi) is 8.03. The Hall–Kier alpha value is -2.45. The van der Waals surface area contributed by atoms with Crippen LogP contribution in [0.2, 0.25) is 5.02 Å². The molecule has 1 aromatic heterocycles. The van der Waals surface area contributed by atoms with Crippen molar-refractivity contribution in [3.05, 3.63) is 47.1 Å². The molecular weight excluding hydrogens is 474 g/mol. The zero-order chi connectivity index (χ0) is 25.1. The standard InChI is InChI=1S/C25H32ClN3O4S/c1-25(2,3)15-20(30)12-17-8-10-29(11-9-17)23-22(14-21(16-27-23)34(4,32)33)28-24(31)18-6-5-7-19(26)13-18/h5-7,13-14,16-17H,8-12,15H2,1-4H3,(H,28,31). The first-order valence-corrected chi connectivity index (χ1v) is 13.6.